The average molecular weight is 235 g/mol. The summed E-state index contributed by atoms with van der Waals surface area (Å²) in [4.78, 5) is 0. The summed E-state index contributed by atoms with van der Waals surface area (Å²) in [5.74, 6) is 0. The second-order valence-corrected chi connectivity index (χ2v) is 4.96. The van der Waals surface area contributed by atoms with Crippen molar-refractivity contribution in [2.75, 3.05) is 0 Å². The number of hydrogen-bond acceptors (Lipinski definition) is 1. The Kier molecular flexibility index (Phi) is 2.23. The SMILES string of the molecule is Cn1c2c(c3cccc(Cl)c31)C(N)CCC2. The van der Waals surface area contributed by atoms with Gasteiger partial charge in [-0.2, -0.15) is 0 Å². The van der Waals surface area contributed by atoms with Crippen molar-refractivity contribution in [2.45, 2.75) is 25.3 Å². The minimum absolute atomic E-state index is 0.172. The first kappa shape index (κ1) is 10.2. The fraction of sp³-hybridized carbons (Fsp3) is 0.385. The van der Waals surface area contributed by atoms with Gasteiger partial charge >= 0.3 is 0 Å². The standard InChI is InChI=1S/C13H15ClN2/c1-16-11-7-3-6-10(15)12(11)8-4-2-5-9(14)13(8)16/h2,4-5,10H,3,6-7,15H2,1H3. The van der Waals surface area contributed by atoms with Crippen LogP contribution in [-0.4, -0.2) is 4.57 Å². The molecule has 16 heavy (non-hydrogen) atoms. The Hall–Kier alpha value is -0.990. The van der Waals surface area contributed by atoms with Gasteiger partial charge in [0.25, 0.3) is 0 Å². The molecule has 0 amide bonds. The van der Waals surface area contributed by atoms with E-state index in [1.807, 2.05) is 12.1 Å². The van der Waals surface area contributed by atoms with Gasteiger partial charge in [-0.3, -0.25) is 0 Å². The molecular formula is C13H15ClN2. The molecule has 0 aliphatic heterocycles. The molecule has 1 aliphatic rings. The lowest BCUT2D eigenvalue weighted by atomic mass is 9.91. The highest BCUT2D eigenvalue weighted by molar-refractivity contribution is 6.35. The molecule has 1 heterocycles. The first-order valence-electron chi connectivity index (χ1n) is 5.71. The van der Waals surface area contributed by atoms with Crippen molar-refractivity contribution in [2.24, 2.45) is 12.8 Å². The van der Waals surface area contributed by atoms with Crippen LogP contribution in [0.25, 0.3) is 10.9 Å². The van der Waals surface area contributed by atoms with Crippen molar-refractivity contribution in [1.82, 2.24) is 4.57 Å². The van der Waals surface area contributed by atoms with Gasteiger partial charge in [0.15, 0.2) is 0 Å². The van der Waals surface area contributed by atoms with E-state index >= 15 is 0 Å². The van der Waals surface area contributed by atoms with Crippen LogP contribution in [-0.2, 0) is 13.5 Å². The predicted molar refractivity (Wildman–Crippen MR) is 67.8 cm³/mol. The summed E-state index contributed by atoms with van der Waals surface area (Å²) in [6.07, 6.45) is 3.37. The van der Waals surface area contributed by atoms with Crippen molar-refractivity contribution in [3.63, 3.8) is 0 Å². The molecule has 1 aromatic carbocycles. The minimum Gasteiger partial charge on any atom is -0.346 e. The van der Waals surface area contributed by atoms with Crippen molar-refractivity contribution in [3.8, 4) is 0 Å². The molecule has 0 radical (unpaired) electrons. The summed E-state index contributed by atoms with van der Waals surface area (Å²) in [6, 6.07) is 6.25. The first-order chi connectivity index (χ1) is 7.70. The topological polar surface area (TPSA) is 30.9 Å². The number of hydrogen-bond donors (Lipinski definition) is 1. The lowest BCUT2D eigenvalue weighted by molar-refractivity contribution is 0.557. The van der Waals surface area contributed by atoms with E-state index in [9.17, 15) is 0 Å². The number of para-hydroxylation sites is 1. The van der Waals surface area contributed by atoms with E-state index in [2.05, 4.69) is 17.7 Å². The number of rotatable bonds is 0. The highest BCUT2D eigenvalue weighted by atomic mass is 35.5. The van der Waals surface area contributed by atoms with E-state index in [-0.39, 0.29) is 6.04 Å². The second kappa shape index (κ2) is 3.51. The van der Waals surface area contributed by atoms with Gasteiger partial charge in [0.2, 0.25) is 0 Å². The zero-order chi connectivity index (χ0) is 11.3. The lowest BCUT2D eigenvalue weighted by Gasteiger charge is -2.20. The number of benzene rings is 1. The molecule has 1 aromatic heterocycles. The third kappa shape index (κ3) is 1.23. The van der Waals surface area contributed by atoms with Crippen molar-refractivity contribution in [1.29, 1.82) is 0 Å². The Balaban J connectivity index is 2.44. The molecule has 0 fully saturated rings. The molecule has 2 aromatic rings. The van der Waals surface area contributed by atoms with Crippen molar-refractivity contribution >= 4 is 22.5 Å². The smallest absolute Gasteiger partial charge is 0.0672 e. The average Bonchev–Trinajstić information content (AvgIpc) is 2.56. The molecule has 2 nitrogen and oxygen atoms in total. The number of nitrogens with two attached hydrogens (primary N) is 1. The van der Waals surface area contributed by atoms with Gasteiger partial charge in [-0.25, -0.2) is 0 Å². The molecule has 0 bridgehead atoms. The third-order valence-electron chi connectivity index (χ3n) is 3.63. The number of aromatic nitrogens is 1. The van der Waals surface area contributed by atoms with Crippen LogP contribution in [0.4, 0.5) is 0 Å². The number of halogens is 1. The van der Waals surface area contributed by atoms with E-state index in [0.29, 0.717) is 0 Å². The molecule has 0 saturated heterocycles. The summed E-state index contributed by atoms with van der Waals surface area (Å²) in [7, 11) is 2.09. The van der Waals surface area contributed by atoms with Crippen LogP contribution in [0, 0.1) is 0 Å². The third-order valence-corrected chi connectivity index (χ3v) is 3.93. The van der Waals surface area contributed by atoms with E-state index in [0.717, 1.165) is 23.4 Å². The summed E-state index contributed by atoms with van der Waals surface area (Å²) < 4.78 is 2.21. The Labute approximate surface area is 100.0 Å². The molecule has 2 N–H and O–H groups in total. The van der Waals surface area contributed by atoms with Crippen LogP contribution < -0.4 is 5.73 Å². The highest BCUT2D eigenvalue weighted by Crippen LogP contribution is 2.38. The van der Waals surface area contributed by atoms with Gasteiger partial charge in [-0.15, -0.1) is 0 Å². The Morgan fingerprint density at radius 1 is 1.44 bits per heavy atom. The largest absolute Gasteiger partial charge is 0.346 e. The van der Waals surface area contributed by atoms with Gasteiger partial charge in [-0.1, -0.05) is 23.7 Å². The monoisotopic (exact) mass is 234 g/mol. The van der Waals surface area contributed by atoms with E-state index in [4.69, 9.17) is 17.3 Å². The van der Waals surface area contributed by atoms with Crippen LogP contribution in [0.3, 0.4) is 0 Å². The predicted octanol–water partition coefficient (Wildman–Crippen LogP) is 3.17. The Bertz CT molecular complexity index is 557. The second-order valence-electron chi connectivity index (χ2n) is 4.55. The molecule has 3 heteroatoms. The summed E-state index contributed by atoms with van der Waals surface area (Å²) in [5, 5.41) is 2.05. The van der Waals surface area contributed by atoms with Crippen molar-refractivity contribution in [3.05, 3.63) is 34.5 Å². The van der Waals surface area contributed by atoms with Gasteiger partial charge < -0.3 is 10.3 Å². The summed E-state index contributed by atoms with van der Waals surface area (Å²) >= 11 is 6.27. The summed E-state index contributed by atoms with van der Waals surface area (Å²) in [5.41, 5.74) is 10.0. The minimum atomic E-state index is 0.172. The summed E-state index contributed by atoms with van der Waals surface area (Å²) in [6.45, 7) is 0. The number of fused-ring (bicyclic) bond motifs is 3. The maximum Gasteiger partial charge on any atom is 0.0672 e. The molecule has 84 valence electrons. The van der Waals surface area contributed by atoms with Gasteiger partial charge in [0, 0.05) is 24.2 Å². The normalized spacial score (nSPS) is 20.1. The quantitative estimate of drug-likeness (QED) is 0.746. The molecule has 1 unspecified atom stereocenters. The number of nitrogens with zero attached hydrogens (tertiary/aromatic N) is 1. The van der Waals surface area contributed by atoms with Crippen LogP contribution in [0.15, 0.2) is 18.2 Å². The van der Waals surface area contributed by atoms with Gasteiger partial charge in [0.1, 0.15) is 0 Å². The van der Waals surface area contributed by atoms with Crippen LogP contribution in [0.1, 0.15) is 30.1 Å². The molecule has 3 rings (SSSR count). The fourth-order valence-corrected chi connectivity index (χ4v) is 3.20. The zero-order valence-electron chi connectivity index (χ0n) is 9.33. The highest BCUT2D eigenvalue weighted by Gasteiger charge is 2.24. The Morgan fingerprint density at radius 2 is 2.25 bits per heavy atom. The Morgan fingerprint density at radius 3 is 3.06 bits per heavy atom. The molecule has 0 spiro atoms. The van der Waals surface area contributed by atoms with Gasteiger partial charge in [0.05, 0.1) is 10.5 Å². The van der Waals surface area contributed by atoms with Gasteiger partial charge in [-0.05, 0) is 30.9 Å². The van der Waals surface area contributed by atoms with E-state index in [1.165, 1.54) is 23.1 Å². The maximum atomic E-state index is 6.27. The van der Waals surface area contributed by atoms with Crippen LogP contribution in [0.5, 0.6) is 0 Å². The van der Waals surface area contributed by atoms with Crippen LogP contribution in [0.2, 0.25) is 5.02 Å². The van der Waals surface area contributed by atoms with E-state index < -0.39 is 0 Å². The lowest BCUT2D eigenvalue weighted by Crippen LogP contribution is -2.17. The zero-order valence-corrected chi connectivity index (χ0v) is 10.1. The number of aryl methyl sites for hydroxylation is 1. The fourth-order valence-electron chi connectivity index (χ4n) is 2.89. The molecule has 1 aliphatic carbocycles. The van der Waals surface area contributed by atoms with E-state index in [1.54, 1.807) is 0 Å². The molecule has 1 atom stereocenters. The first-order valence-corrected chi connectivity index (χ1v) is 6.09. The molecule has 0 saturated carbocycles. The van der Waals surface area contributed by atoms with Crippen LogP contribution >= 0.6 is 11.6 Å². The van der Waals surface area contributed by atoms with Crippen molar-refractivity contribution < 1.29 is 0 Å². The maximum absolute atomic E-state index is 6.27. The molecular weight excluding hydrogens is 220 g/mol.